The molecule has 4 N–H and O–H groups in total. The van der Waals surface area contributed by atoms with Crippen LogP contribution in [0.15, 0.2) is 41.5 Å². The Morgan fingerprint density at radius 3 is 2.35 bits per heavy atom. The minimum atomic E-state index is -4.68. The third-order valence-corrected chi connectivity index (χ3v) is 4.73. The fourth-order valence-corrected chi connectivity index (χ4v) is 2.86. The van der Waals surface area contributed by atoms with E-state index in [0.29, 0.717) is 19.3 Å². The van der Waals surface area contributed by atoms with Gasteiger partial charge in [0.15, 0.2) is 17.4 Å². The highest BCUT2D eigenvalue weighted by atomic mass is 32.1. The zero-order valence-electron chi connectivity index (χ0n) is 17.9. The molecule has 0 saturated heterocycles. The predicted octanol–water partition coefficient (Wildman–Crippen LogP) is 4.18. The number of benzene rings is 2. The van der Waals surface area contributed by atoms with Gasteiger partial charge in [-0.3, -0.25) is 5.43 Å². The van der Waals surface area contributed by atoms with Gasteiger partial charge in [0.05, 0.1) is 31.4 Å². The molecule has 0 radical (unpaired) electrons. The third kappa shape index (κ3) is 8.50. The number of hydrazone groups is 1. The van der Waals surface area contributed by atoms with Crippen LogP contribution in [-0.2, 0) is 6.18 Å². The largest absolute Gasteiger partial charge is 0.493 e. The first-order valence-corrected chi connectivity index (χ1v) is 10.6. The highest BCUT2D eigenvalue weighted by Gasteiger charge is 2.35. The van der Waals surface area contributed by atoms with E-state index in [9.17, 15) is 22.0 Å². The van der Waals surface area contributed by atoms with Crippen LogP contribution in [0.2, 0.25) is 0 Å². The number of aliphatic hydroxyl groups is 1. The van der Waals surface area contributed by atoms with Gasteiger partial charge in [-0.05, 0) is 49.6 Å². The van der Waals surface area contributed by atoms with Crippen LogP contribution in [0.5, 0.6) is 11.5 Å². The van der Waals surface area contributed by atoms with E-state index in [1.54, 1.807) is 0 Å². The lowest BCUT2D eigenvalue weighted by atomic mass is 10.1. The topological polar surface area (TPSA) is 89.1 Å². The van der Waals surface area contributed by atoms with Gasteiger partial charge in [-0.1, -0.05) is 18.3 Å². The van der Waals surface area contributed by atoms with Crippen molar-refractivity contribution in [1.82, 2.24) is 5.43 Å². The SMILES string of the molecule is NC(/C=N/NC(=S)c1ccc(OCCCCCOc2c(F)cccc2F)c(C(F)(F)F)c1)CO. The smallest absolute Gasteiger partial charge is 0.419 e. The van der Waals surface area contributed by atoms with Gasteiger partial charge in [-0.2, -0.15) is 18.3 Å². The molecule has 34 heavy (non-hydrogen) atoms. The lowest BCUT2D eigenvalue weighted by molar-refractivity contribution is -0.139. The first kappa shape index (κ1) is 27.4. The molecule has 2 rings (SSSR count). The Kier molecular flexibility index (Phi) is 10.6. The number of hydrogen-bond donors (Lipinski definition) is 3. The van der Waals surface area contributed by atoms with Crippen molar-refractivity contribution < 1.29 is 36.5 Å². The van der Waals surface area contributed by atoms with Crippen molar-refractivity contribution in [3.8, 4) is 11.5 Å². The molecule has 2 aromatic rings. The third-order valence-electron chi connectivity index (χ3n) is 4.40. The summed E-state index contributed by atoms with van der Waals surface area (Å²) in [7, 11) is 0. The standard InChI is InChI=1S/C22H24F5N3O3S/c23-17-5-4-6-18(24)20(17)33-10-3-1-2-9-32-19-8-7-14(11-16(19)22(25,26)27)21(34)30-29-12-15(28)13-31/h4-8,11-12,15,31H,1-3,9-10,13,28H2,(H,30,34)/b29-12+. The molecule has 0 saturated carbocycles. The Balaban J connectivity index is 1.86. The van der Waals surface area contributed by atoms with E-state index in [1.165, 1.54) is 24.4 Å². The predicted molar refractivity (Wildman–Crippen MR) is 121 cm³/mol. The molecule has 2 aromatic carbocycles. The Hall–Kier alpha value is -2.83. The molecule has 0 aliphatic rings. The number of rotatable bonds is 12. The zero-order chi connectivity index (χ0) is 25.1. The minimum absolute atomic E-state index is 0.00250. The number of unbranched alkanes of at least 4 members (excludes halogenated alkanes) is 2. The van der Waals surface area contributed by atoms with Crippen molar-refractivity contribution in [2.75, 3.05) is 19.8 Å². The number of nitrogens with two attached hydrogens (primary N) is 1. The second-order valence-electron chi connectivity index (χ2n) is 7.08. The van der Waals surface area contributed by atoms with Gasteiger partial charge in [0.1, 0.15) is 10.7 Å². The molecule has 12 heteroatoms. The molecule has 1 atom stereocenters. The van der Waals surface area contributed by atoms with Crippen molar-refractivity contribution in [2.24, 2.45) is 10.8 Å². The van der Waals surface area contributed by atoms with Crippen molar-refractivity contribution in [2.45, 2.75) is 31.5 Å². The summed E-state index contributed by atoms with van der Waals surface area (Å²) in [5, 5.41) is 12.5. The fraction of sp³-hybridized carbons (Fsp3) is 0.364. The summed E-state index contributed by atoms with van der Waals surface area (Å²) in [5.41, 5.74) is 6.91. The summed E-state index contributed by atoms with van der Waals surface area (Å²) in [5.74, 6) is -2.42. The molecule has 0 aromatic heterocycles. The second kappa shape index (κ2) is 13.2. The molecule has 6 nitrogen and oxygen atoms in total. The van der Waals surface area contributed by atoms with Gasteiger partial charge in [0, 0.05) is 11.8 Å². The monoisotopic (exact) mass is 505 g/mol. The van der Waals surface area contributed by atoms with E-state index in [-0.39, 0.29) is 36.1 Å². The number of nitrogens with zero attached hydrogens (tertiary/aromatic N) is 1. The average molecular weight is 506 g/mol. The summed E-state index contributed by atoms with van der Waals surface area (Å²) in [4.78, 5) is -0.0651. The van der Waals surface area contributed by atoms with Crippen LogP contribution < -0.4 is 20.6 Å². The molecule has 0 fully saturated rings. The van der Waals surface area contributed by atoms with Gasteiger partial charge < -0.3 is 20.3 Å². The van der Waals surface area contributed by atoms with Crippen LogP contribution in [0.25, 0.3) is 0 Å². The van der Waals surface area contributed by atoms with Gasteiger partial charge in [0.2, 0.25) is 0 Å². The van der Waals surface area contributed by atoms with E-state index in [0.717, 1.165) is 18.2 Å². The van der Waals surface area contributed by atoms with Gasteiger partial charge in [-0.15, -0.1) is 0 Å². The maximum absolute atomic E-state index is 13.5. The lowest BCUT2D eigenvalue weighted by Crippen LogP contribution is -2.28. The Bertz CT molecular complexity index is 968. The number of aliphatic hydroxyl groups excluding tert-OH is 1. The number of thiocarbonyl (C=S) groups is 1. The molecular formula is C22H24F5N3O3S. The van der Waals surface area contributed by atoms with E-state index >= 15 is 0 Å². The van der Waals surface area contributed by atoms with Crippen molar-refractivity contribution >= 4 is 23.4 Å². The average Bonchev–Trinajstić information content (AvgIpc) is 2.79. The summed E-state index contributed by atoms with van der Waals surface area (Å²) < 4.78 is 77.9. The molecular weight excluding hydrogens is 481 g/mol. The van der Waals surface area contributed by atoms with Crippen LogP contribution in [0.1, 0.15) is 30.4 Å². The summed E-state index contributed by atoms with van der Waals surface area (Å²) in [6.07, 6.45) is -2.16. The molecule has 1 unspecified atom stereocenters. The molecule has 186 valence electrons. The van der Waals surface area contributed by atoms with Gasteiger partial charge >= 0.3 is 6.18 Å². The van der Waals surface area contributed by atoms with Crippen LogP contribution >= 0.6 is 12.2 Å². The van der Waals surface area contributed by atoms with Crippen molar-refractivity contribution in [3.63, 3.8) is 0 Å². The van der Waals surface area contributed by atoms with E-state index in [1.807, 2.05) is 0 Å². The number of halogens is 5. The number of hydrogen-bond acceptors (Lipinski definition) is 6. The van der Waals surface area contributed by atoms with Gasteiger partial charge in [0.25, 0.3) is 0 Å². The molecule has 0 bridgehead atoms. The van der Waals surface area contributed by atoms with Crippen LogP contribution in [-0.4, -0.2) is 42.2 Å². The molecule has 0 heterocycles. The van der Waals surface area contributed by atoms with Crippen LogP contribution in [0.4, 0.5) is 22.0 Å². The first-order valence-electron chi connectivity index (χ1n) is 10.2. The number of para-hydroxylation sites is 1. The highest BCUT2D eigenvalue weighted by molar-refractivity contribution is 7.80. The van der Waals surface area contributed by atoms with Gasteiger partial charge in [-0.25, -0.2) is 8.78 Å². The summed E-state index contributed by atoms with van der Waals surface area (Å²) in [6, 6.07) is 6.03. The maximum Gasteiger partial charge on any atom is 0.419 e. The normalized spacial score (nSPS) is 12.6. The molecule has 0 aliphatic heterocycles. The van der Waals surface area contributed by atoms with Crippen molar-refractivity contribution in [3.05, 3.63) is 59.2 Å². The Morgan fingerprint density at radius 1 is 1.09 bits per heavy atom. The second-order valence-corrected chi connectivity index (χ2v) is 7.49. The van der Waals surface area contributed by atoms with Crippen molar-refractivity contribution in [1.29, 1.82) is 0 Å². The Labute approximate surface area is 198 Å². The van der Waals surface area contributed by atoms with E-state index in [4.69, 9.17) is 32.5 Å². The quantitative estimate of drug-likeness (QED) is 0.132. The molecule has 0 spiro atoms. The first-order chi connectivity index (χ1) is 16.1. The number of ether oxygens (including phenoxy) is 2. The summed E-state index contributed by atoms with van der Waals surface area (Å²) >= 11 is 5.04. The maximum atomic E-state index is 13.5. The number of alkyl halides is 3. The van der Waals surface area contributed by atoms with E-state index in [2.05, 4.69) is 10.5 Å². The Morgan fingerprint density at radius 2 is 1.74 bits per heavy atom. The highest BCUT2D eigenvalue weighted by Crippen LogP contribution is 2.37. The van der Waals surface area contributed by atoms with Crippen LogP contribution in [0.3, 0.4) is 0 Å². The molecule has 0 amide bonds. The lowest BCUT2D eigenvalue weighted by Gasteiger charge is -2.16. The fourth-order valence-electron chi connectivity index (χ4n) is 2.68. The molecule has 0 aliphatic carbocycles. The number of nitrogens with one attached hydrogen (secondary N) is 1. The minimum Gasteiger partial charge on any atom is -0.493 e. The van der Waals surface area contributed by atoms with Crippen LogP contribution in [0, 0.1) is 11.6 Å². The van der Waals surface area contributed by atoms with E-state index < -0.39 is 35.2 Å². The zero-order valence-corrected chi connectivity index (χ0v) is 18.8. The summed E-state index contributed by atoms with van der Waals surface area (Å²) in [6.45, 7) is -0.293.